The highest BCUT2D eigenvalue weighted by Crippen LogP contribution is 2.31. The Labute approximate surface area is 146 Å². The molecule has 0 aliphatic carbocycles. The predicted octanol–water partition coefficient (Wildman–Crippen LogP) is 4.41. The maximum atomic E-state index is 9.54. The lowest BCUT2D eigenvalue weighted by atomic mass is 9.88. The molecule has 2 atom stereocenters. The molecule has 0 heterocycles. The summed E-state index contributed by atoms with van der Waals surface area (Å²) >= 11 is 0. The summed E-state index contributed by atoms with van der Waals surface area (Å²) in [5, 5.41) is 27.5. The van der Waals surface area contributed by atoms with Gasteiger partial charge in [0.2, 0.25) is 0 Å². The van der Waals surface area contributed by atoms with Crippen molar-refractivity contribution in [3.05, 3.63) is 0 Å². The van der Waals surface area contributed by atoms with Crippen LogP contribution in [0.4, 0.5) is 0 Å². The van der Waals surface area contributed by atoms with Gasteiger partial charge in [-0.25, -0.2) is 0 Å². The van der Waals surface area contributed by atoms with E-state index in [1.807, 2.05) is 41.5 Å². The van der Waals surface area contributed by atoms with Crippen LogP contribution in [0.2, 0.25) is 0 Å². The molecule has 0 aliphatic heterocycles. The summed E-state index contributed by atoms with van der Waals surface area (Å²) < 4.78 is 11.3. The van der Waals surface area contributed by atoms with Crippen LogP contribution in [0.5, 0.6) is 0 Å². The first-order valence-electron chi connectivity index (χ1n) is 8.41. The van der Waals surface area contributed by atoms with Gasteiger partial charge in [0, 0.05) is 26.1 Å². The first-order chi connectivity index (χ1) is 10.9. The summed E-state index contributed by atoms with van der Waals surface area (Å²) in [6.45, 7) is 16.0. The summed E-state index contributed by atoms with van der Waals surface area (Å²) in [5.74, 6) is 0. The van der Waals surface area contributed by atoms with Crippen LogP contribution in [0.15, 0.2) is 10.2 Å². The van der Waals surface area contributed by atoms with Crippen molar-refractivity contribution in [2.45, 2.75) is 90.5 Å². The van der Waals surface area contributed by atoms with E-state index in [-0.39, 0.29) is 0 Å². The third-order valence-corrected chi connectivity index (χ3v) is 3.58. The number of nitrogens with zero attached hydrogens (tertiary/aromatic N) is 4. The summed E-state index contributed by atoms with van der Waals surface area (Å²) in [7, 11) is 0. The molecule has 0 saturated heterocycles. The zero-order valence-corrected chi connectivity index (χ0v) is 16.4. The van der Waals surface area contributed by atoms with Gasteiger partial charge in [-0.2, -0.15) is 20.8 Å². The van der Waals surface area contributed by atoms with Crippen LogP contribution >= 0.6 is 0 Å². The van der Waals surface area contributed by atoms with Gasteiger partial charge in [-0.15, -0.1) is 0 Å². The van der Waals surface area contributed by atoms with Crippen LogP contribution in [0.1, 0.15) is 68.2 Å². The molecule has 0 aromatic heterocycles. The molecule has 0 aromatic carbocycles. The standard InChI is InChI=1S/C18H32N4O2/c1-9-23-15(3,4)11-17(7,13-19)21-22-18(8,14-20)12-16(5,6)24-10-2/h9-12H2,1-8H3. The van der Waals surface area contributed by atoms with E-state index in [0.717, 1.165) is 0 Å². The molecule has 6 heteroatoms. The number of nitriles is 2. The maximum absolute atomic E-state index is 9.54. The molecule has 0 N–H and O–H groups in total. The van der Waals surface area contributed by atoms with Gasteiger partial charge in [-0.1, -0.05) is 0 Å². The van der Waals surface area contributed by atoms with Crippen LogP contribution < -0.4 is 0 Å². The van der Waals surface area contributed by atoms with Crippen molar-refractivity contribution in [3.8, 4) is 12.1 Å². The summed E-state index contributed by atoms with van der Waals surface area (Å²) in [4.78, 5) is 0. The Bertz CT molecular complexity index is 470. The monoisotopic (exact) mass is 336 g/mol. The van der Waals surface area contributed by atoms with Gasteiger partial charge in [-0.3, -0.25) is 0 Å². The van der Waals surface area contributed by atoms with E-state index in [1.54, 1.807) is 13.8 Å². The molecule has 0 aliphatic rings. The fraction of sp³-hybridized carbons (Fsp3) is 0.889. The Morgan fingerprint density at radius 1 is 0.708 bits per heavy atom. The van der Waals surface area contributed by atoms with E-state index in [1.165, 1.54) is 0 Å². The summed E-state index contributed by atoms with van der Waals surface area (Å²) in [5.41, 5.74) is -3.09. The summed E-state index contributed by atoms with van der Waals surface area (Å²) in [6.07, 6.45) is 0.786. The fourth-order valence-corrected chi connectivity index (χ4v) is 2.96. The van der Waals surface area contributed by atoms with Gasteiger partial charge in [0.25, 0.3) is 0 Å². The second-order valence-electron chi connectivity index (χ2n) is 7.71. The molecule has 0 saturated carbocycles. The lowest BCUT2D eigenvalue weighted by Crippen LogP contribution is -2.37. The van der Waals surface area contributed by atoms with Crippen molar-refractivity contribution in [2.75, 3.05) is 13.2 Å². The van der Waals surface area contributed by atoms with E-state index in [4.69, 9.17) is 9.47 Å². The number of hydrogen-bond donors (Lipinski definition) is 0. The quantitative estimate of drug-likeness (QED) is 0.552. The fourth-order valence-electron chi connectivity index (χ4n) is 2.96. The van der Waals surface area contributed by atoms with E-state index < -0.39 is 22.3 Å². The van der Waals surface area contributed by atoms with E-state index >= 15 is 0 Å². The average molecular weight is 336 g/mol. The van der Waals surface area contributed by atoms with Crippen molar-refractivity contribution in [2.24, 2.45) is 10.2 Å². The zero-order chi connectivity index (χ0) is 19.1. The average Bonchev–Trinajstić information content (AvgIpc) is 2.44. The first kappa shape index (κ1) is 22.5. The highest BCUT2D eigenvalue weighted by Gasteiger charge is 2.37. The molecule has 0 aromatic rings. The van der Waals surface area contributed by atoms with Crippen LogP contribution in [0.3, 0.4) is 0 Å². The smallest absolute Gasteiger partial charge is 0.167 e. The number of ether oxygens (including phenoxy) is 2. The van der Waals surface area contributed by atoms with Crippen LogP contribution in [-0.4, -0.2) is 35.5 Å². The Morgan fingerprint density at radius 3 is 1.21 bits per heavy atom. The summed E-state index contributed by atoms with van der Waals surface area (Å²) in [6, 6.07) is 4.39. The Hall–Kier alpha value is -1.50. The number of hydrogen-bond acceptors (Lipinski definition) is 6. The van der Waals surface area contributed by atoms with E-state index in [2.05, 4.69) is 22.4 Å². The molecular formula is C18H32N4O2. The molecule has 0 amide bonds. The molecule has 2 unspecified atom stereocenters. The molecule has 136 valence electrons. The second-order valence-corrected chi connectivity index (χ2v) is 7.71. The van der Waals surface area contributed by atoms with Crippen molar-refractivity contribution < 1.29 is 9.47 Å². The largest absolute Gasteiger partial charge is 0.376 e. The van der Waals surface area contributed by atoms with Crippen molar-refractivity contribution in [1.82, 2.24) is 0 Å². The van der Waals surface area contributed by atoms with Crippen LogP contribution in [0, 0.1) is 22.7 Å². The minimum absolute atomic E-state index is 0.393. The molecule has 6 nitrogen and oxygen atoms in total. The number of azo groups is 1. The van der Waals surface area contributed by atoms with Crippen LogP contribution in [-0.2, 0) is 9.47 Å². The van der Waals surface area contributed by atoms with Gasteiger partial charge in [0.15, 0.2) is 11.1 Å². The van der Waals surface area contributed by atoms with Crippen molar-refractivity contribution in [3.63, 3.8) is 0 Å². The molecule has 0 spiro atoms. The van der Waals surface area contributed by atoms with Gasteiger partial charge in [-0.05, 0) is 55.4 Å². The molecule has 0 radical (unpaired) electrons. The molecule has 0 bridgehead atoms. The Balaban J connectivity index is 5.33. The lowest BCUT2D eigenvalue weighted by molar-refractivity contribution is -0.0284. The second kappa shape index (κ2) is 8.55. The van der Waals surface area contributed by atoms with E-state index in [0.29, 0.717) is 26.1 Å². The van der Waals surface area contributed by atoms with Crippen molar-refractivity contribution >= 4 is 0 Å². The SMILES string of the molecule is CCOC(C)(C)CC(C)(C#N)N=NC(C)(C#N)CC(C)(C)OCC. The van der Waals surface area contributed by atoms with E-state index in [9.17, 15) is 10.5 Å². The molecule has 0 rings (SSSR count). The van der Waals surface area contributed by atoms with Gasteiger partial charge in [0.05, 0.1) is 23.3 Å². The zero-order valence-electron chi connectivity index (χ0n) is 16.4. The topological polar surface area (TPSA) is 90.8 Å². The minimum atomic E-state index is -1.05. The first-order valence-corrected chi connectivity index (χ1v) is 8.41. The Morgan fingerprint density at radius 2 is 1.00 bits per heavy atom. The third kappa shape index (κ3) is 7.86. The minimum Gasteiger partial charge on any atom is -0.376 e. The molecule has 24 heavy (non-hydrogen) atoms. The van der Waals surface area contributed by atoms with Gasteiger partial charge >= 0.3 is 0 Å². The van der Waals surface area contributed by atoms with Gasteiger partial charge < -0.3 is 9.47 Å². The normalized spacial score (nSPS) is 17.8. The predicted molar refractivity (Wildman–Crippen MR) is 93.5 cm³/mol. The third-order valence-electron chi connectivity index (χ3n) is 3.58. The highest BCUT2D eigenvalue weighted by molar-refractivity contribution is 5.10. The molecule has 0 fully saturated rings. The lowest BCUT2D eigenvalue weighted by Gasteiger charge is -2.32. The van der Waals surface area contributed by atoms with Crippen LogP contribution in [0.25, 0.3) is 0 Å². The van der Waals surface area contributed by atoms with Crippen molar-refractivity contribution in [1.29, 1.82) is 10.5 Å². The maximum Gasteiger partial charge on any atom is 0.167 e. The molecular weight excluding hydrogens is 304 g/mol. The Kier molecular flexibility index (Phi) is 8.02. The van der Waals surface area contributed by atoms with Gasteiger partial charge in [0.1, 0.15) is 0 Å². The highest BCUT2D eigenvalue weighted by atomic mass is 16.5. The number of rotatable bonds is 10.